The summed E-state index contributed by atoms with van der Waals surface area (Å²) in [6.45, 7) is 1.94. The largest absolute Gasteiger partial charge is 0.349 e. The number of aromatic nitrogens is 3. The first-order valence-electron chi connectivity index (χ1n) is 8.08. The van der Waals surface area contributed by atoms with E-state index >= 15 is 0 Å². The molecule has 0 bridgehead atoms. The Kier molecular flexibility index (Phi) is 6.41. The van der Waals surface area contributed by atoms with E-state index in [4.69, 9.17) is 17.4 Å². The summed E-state index contributed by atoms with van der Waals surface area (Å²) in [5.74, 6) is 6.67. The van der Waals surface area contributed by atoms with Crippen LogP contribution < -0.4 is 11.2 Å². The molecule has 27 heavy (non-hydrogen) atoms. The summed E-state index contributed by atoms with van der Waals surface area (Å²) in [6, 6.07) is 14.9. The van der Waals surface area contributed by atoms with Gasteiger partial charge in [-0.1, -0.05) is 51.4 Å². The first-order chi connectivity index (χ1) is 12.9. The third-order valence-electron chi connectivity index (χ3n) is 3.85. The molecule has 3 rings (SSSR count). The molecule has 0 aliphatic rings. The normalized spacial score (nSPS) is 12.0. The fraction of sp³-hybridized carbons (Fsp3) is 0.167. The zero-order valence-electron chi connectivity index (χ0n) is 14.4. The summed E-state index contributed by atoms with van der Waals surface area (Å²) >= 11 is 10.5. The van der Waals surface area contributed by atoms with E-state index in [1.165, 1.54) is 16.4 Å². The van der Waals surface area contributed by atoms with Crippen molar-refractivity contribution in [3.05, 3.63) is 63.6 Å². The van der Waals surface area contributed by atoms with Gasteiger partial charge in [-0.15, -0.1) is 10.2 Å². The number of hydrogen-bond donors (Lipinski definition) is 2. The number of hydrogen-bond acceptors (Lipinski definition) is 5. The van der Waals surface area contributed by atoms with Gasteiger partial charge in [0.2, 0.25) is 11.1 Å². The second-order valence-electron chi connectivity index (χ2n) is 5.81. The number of halogens is 2. The second-order valence-corrected chi connectivity index (χ2v) is 8.11. The average Bonchev–Trinajstić information content (AvgIpc) is 3.02. The van der Waals surface area contributed by atoms with E-state index in [9.17, 15) is 4.79 Å². The summed E-state index contributed by atoms with van der Waals surface area (Å²) in [4.78, 5) is 12.2. The molecule has 1 unspecified atom stereocenters. The molecule has 0 fully saturated rings. The maximum Gasteiger partial charge on any atom is 0.230 e. The monoisotopic (exact) mass is 465 g/mol. The van der Waals surface area contributed by atoms with Crippen LogP contribution in [0.1, 0.15) is 18.5 Å². The van der Waals surface area contributed by atoms with Gasteiger partial charge in [0.05, 0.1) is 11.8 Å². The molecule has 1 aromatic heterocycles. The molecule has 2 aromatic carbocycles. The molecule has 0 aliphatic heterocycles. The van der Waals surface area contributed by atoms with Crippen LogP contribution in [0.2, 0.25) is 5.02 Å². The SMILES string of the molecule is CC(NC(=O)CSc1nnc(-c2ccc(Cl)cc2)n1N)c1ccc(Br)cc1. The standard InChI is InChI=1S/C18H17BrClN5OS/c1-11(12-2-6-14(19)7-3-12)22-16(26)10-27-18-24-23-17(25(18)21)13-4-8-15(20)9-5-13/h2-9,11H,10,21H2,1H3,(H,22,26). The predicted octanol–water partition coefficient (Wildman–Crippen LogP) is 4.04. The number of carbonyl (C=O) groups excluding carboxylic acids is 1. The van der Waals surface area contributed by atoms with Gasteiger partial charge in [-0.25, -0.2) is 4.68 Å². The van der Waals surface area contributed by atoms with E-state index < -0.39 is 0 Å². The highest BCUT2D eigenvalue weighted by Crippen LogP contribution is 2.23. The van der Waals surface area contributed by atoms with Crippen LogP contribution in [0.15, 0.2) is 58.2 Å². The second kappa shape index (κ2) is 8.77. The van der Waals surface area contributed by atoms with Crippen LogP contribution in [0.3, 0.4) is 0 Å². The van der Waals surface area contributed by atoms with Crippen LogP contribution in [0.25, 0.3) is 11.4 Å². The summed E-state index contributed by atoms with van der Waals surface area (Å²) in [7, 11) is 0. The van der Waals surface area contributed by atoms with Crippen molar-refractivity contribution in [2.24, 2.45) is 0 Å². The van der Waals surface area contributed by atoms with Crippen LogP contribution in [0.4, 0.5) is 0 Å². The number of nitrogens with one attached hydrogen (secondary N) is 1. The molecular formula is C18H17BrClN5OS. The van der Waals surface area contributed by atoms with E-state index in [1.54, 1.807) is 12.1 Å². The first kappa shape index (κ1) is 19.7. The van der Waals surface area contributed by atoms with Gasteiger partial charge in [0.15, 0.2) is 5.82 Å². The molecule has 1 atom stereocenters. The van der Waals surface area contributed by atoms with Gasteiger partial charge >= 0.3 is 0 Å². The number of amides is 1. The Morgan fingerprint density at radius 2 is 1.89 bits per heavy atom. The summed E-state index contributed by atoms with van der Waals surface area (Å²) in [6.07, 6.45) is 0. The van der Waals surface area contributed by atoms with E-state index in [-0.39, 0.29) is 17.7 Å². The Balaban J connectivity index is 1.59. The first-order valence-corrected chi connectivity index (χ1v) is 10.2. The minimum absolute atomic E-state index is 0.0911. The number of nitrogen functional groups attached to an aromatic ring is 1. The minimum atomic E-state index is -0.105. The van der Waals surface area contributed by atoms with Crippen molar-refractivity contribution in [3.63, 3.8) is 0 Å². The molecule has 0 spiro atoms. The Labute approximate surface area is 174 Å². The van der Waals surface area contributed by atoms with E-state index in [0.717, 1.165) is 15.6 Å². The van der Waals surface area contributed by atoms with Gasteiger partial charge < -0.3 is 11.2 Å². The highest BCUT2D eigenvalue weighted by Gasteiger charge is 2.15. The number of rotatable bonds is 6. The highest BCUT2D eigenvalue weighted by atomic mass is 79.9. The van der Waals surface area contributed by atoms with E-state index in [0.29, 0.717) is 16.0 Å². The fourth-order valence-electron chi connectivity index (χ4n) is 2.42. The van der Waals surface area contributed by atoms with Gasteiger partial charge in [0, 0.05) is 15.1 Å². The van der Waals surface area contributed by atoms with Crippen molar-refractivity contribution in [3.8, 4) is 11.4 Å². The number of nitrogens with two attached hydrogens (primary N) is 1. The van der Waals surface area contributed by atoms with Crippen molar-refractivity contribution in [1.82, 2.24) is 20.2 Å². The third kappa shape index (κ3) is 5.03. The fourth-order valence-corrected chi connectivity index (χ4v) is 3.48. The maximum absolute atomic E-state index is 12.2. The van der Waals surface area contributed by atoms with Crippen LogP contribution in [-0.2, 0) is 4.79 Å². The molecule has 9 heteroatoms. The molecule has 1 heterocycles. The van der Waals surface area contributed by atoms with Crippen LogP contribution in [0, 0.1) is 0 Å². The lowest BCUT2D eigenvalue weighted by Gasteiger charge is -2.14. The van der Waals surface area contributed by atoms with Crippen LogP contribution >= 0.6 is 39.3 Å². The number of carbonyl (C=O) groups is 1. The molecule has 0 radical (unpaired) electrons. The molecular weight excluding hydrogens is 450 g/mol. The van der Waals surface area contributed by atoms with Crippen LogP contribution in [0.5, 0.6) is 0 Å². The zero-order valence-corrected chi connectivity index (χ0v) is 17.6. The predicted molar refractivity (Wildman–Crippen MR) is 112 cm³/mol. The van der Waals surface area contributed by atoms with Gasteiger partial charge in [0.1, 0.15) is 0 Å². The van der Waals surface area contributed by atoms with Gasteiger partial charge in [-0.3, -0.25) is 4.79 Å². The van der Waals surface area contributed by atoms with Crippen molar-refractivity contribution in [2.75, 3.05) is 11.6 Å². The van der Waals surface area contributed by atoms with Crippen molar-refractivity contribution in [1.29, 1.82) is 0 Å². The zero-order chi connectivity index (χ0) is 19.4. The van der Waals surface area contributed by atoms with Crippen LogP contribution in [-0.4, -0.2) is 26.5 Å². The average molecular weight is 467 g/mol. The highest BCUT2D eigenvalue weighted by molar-refractivity contribution is 9.10. The van der Waals surface area contributed by atoms with Gasteiger partial charge in [-0.05, 0) is 48.9 Å². The molecule has 0 aliphatic carbocycles. The minimum Gasteiger partial charge on any atom is -0.349 e. The molecule has 0 saturated heterocycles. The molecule has 3 aromatic rings. The molecule has 3 N–H and O–H groups in total. The Morgan fingerprint density at radius 3 is 2.56 bits per heavy atom. The lowest BCUT2D eigenvalue weighted by Crippen LogP contribution is -2.28. The summed E-state index contributed by atoms with van der Waals surface area (Å²) < 4.78 is 2.37. The topological polar surface area (TPSA) is 85.8 Å². The van der Waals surface area contributed by atoms with Crippen molar-refractivity contribution in [2.45, 2.75) is 18.1 Å². The lowest BCUT2D eigenvalue weighted by molar-refractivity contribution is -0.119. The smallest absolute Gasteiger partial charge is 0.230 e. The number of thioether (sulfide) groups is 1. The third-order valence-corrected chi connectivity index (χ3v) is 5.57. The Hall–Kier alpha value is -2.03. The summed E-state index contributed by atoms with van der Waals surface area (Å²) in [5.41, 5.74) is 1.83. The van der Waals surface area contributed by atoms with Crippen molar-refractivity contribution < 1.29 is 4.79 Å². The molecule has 6 nitrogen and oxygen atoms in total. The van der Waals surface area contributed by atoms with Crippen molar-refractivity contribution >= 4 is 45.2 Å². The number of nitrogens with zero attached hydrogens (tertiary/aromatic N) is 3. The van der Waals surface area contributed by atoms with E-state index in [1.807, 2.05) is 43.3 Å². The molecule has 140 valence electrons. The quantitative estimate of drug-likeness (QED) is 0.423. The lowest BCUT2D eigenvalue weighted by atomic mass is 10.1. The van der Waals surface area contributed by atoms with Gasteiger partial charge in [0.25, 0.3) is 0 Å². The molecule has 0 saturated carbocycles. The number of benzene rings is 2. The van der Waals surface area contributed by atoms with Gasteiger partial charge in [-0.2, -0.15) is 0 Å². The Bertz CT molecular complexity index is 930. The molecule has 1 amide bonds. The Morgan fingerprint density at radius 1 is 1.22 bits per heavy atom. The summed E-state index contributed by atoms with van der Waals surface area (Å²) in [5, 5.41) is 12.2. The van der Waals surface area contributed by atoms with E-state index in [2.05, 4.69) is 31.4 Å². The maximum atomic E-state index is 12.2.